The van der Waals surface area contributed by atoms with Crippen LogP contribution < -0.4 is 10.6 Å². The average molecular weight is 357 g/mol. The largest absolute Gasteiger partial charge is 0.365 e. The maximum Gasteiger partial charge on any atom is 0.259 e. The van der Waals surface area contributed by atoms with E-state index in [1.165, 1.54) is 0 Å². The van der Waals surface area contributed by atoms with E-state index >= 15 is 0 Å². The number of hydrogen-bond donors (Lipinski definition) is 1. The Balaban J connectivity index is 1.80. The smallest absolute Gasteiger partial charge is 0.259 e. The van der Waals surface area contributed by atoms with Gasteiger partial charge in [0.2, 0.25) is 0 Å². The fourth-order valence-electron chi connectivity index (χ4n) is 3.26. The highest BCUT2D eigenvalue weighted by Crippen LogP contribution is 2.21. The SMILES string of the molecule is Cc1ccc(C(N)=O)c(N2CCCN(C(=O)c3c(C)noc3C)CC2)n1. The van der Waals surface area contributed by atoms with Gasteiger partial charge in [-0.05, 0) is 39.3 Å². The minimum absolute atomic E-state index is 0.0737. The molecule has 1 aliphatic rings. The number of anilines is 1. The van der Waals surface area contributed by atoms with Gasteiger partial charge in [-0.2, -0.15) is 0 Å². The molecular formula is C18H23N5O3. The van der Waals surface area contributed by atoms with Crippen LogP contribution in [0.25, 0.3) is 0 Å². The Kier molecular flexibility index (Phi) is 4.92. The first-order valence-electron chi connectivity index (χ1n) is 8.63. The molecule has 2 N–H and O–H groups in total. The summed E-state index contributed by atoms with van der Waals surface area (Å²) in [6.07, 6.45) is 0.767. The van der Waals surface area contributed by atoms with Gasteiger partial charge in [0.25, 0.3) is 11.8 Å². The van der Waals surface area contributed by atoms with Gasteiger partial charge in [0.15, 0.2) is 0 Å². The van der Waals surface area contributed by atoms with Crippen LogP contribution in [0, 0.1) is 20.8 Å². The fourth-order valence-corrected chi connectivity index (χ4v) is 3.26. The molecule has 1 aliphatic heterocycles. The van der Waals surface area contributed by atoms with Gasteiger partial charge in [-0.3, -0.25) is 9.59 Å². The molecule has 0 saturated carbocycles. The predicted octanol–water partition coefficient (Wildman–Crippen LogP) is 1.45. The summed E-state index contributed by atoms with van der Waals surface area (Å²) in [5.74, 6) is 0.546. The first kappa shape index (κ1) is 17.9. The van der Waals surface area contributed by atoms with Crippen LogP contribution in [0.2, 0.25) is 0 Å². The molecule has 0 spiro atoms. The molecule has 26 heavy (non-hydrogen) atoms. The molecule has 2 amide bonds. The van der Waals surface area contributed by atoms with E-state index in [-0.39, 0.29) is 5.91 Å². The van der Waals surface area contributed by atoms with E-state index in [4.69, 9.17) is 10.3 Å². The average Bonchev–Trinajstić information content (AvgIpc) is 2.81. The van der Waals surface area contributed by atoms with E-state index in [0.29, 0.717) is 54.6 Å². The van der Waals surface area contributed by atoms with Crippen molar-refractivity contribution in [2.45, 2.75) is 27.2 Å². The number of rotatable bonds is 3. The van der Waals surface area contributed by atoms with Crippen molar-refractivity contribution in [3.05, 3.63) is 40.4 Å². The summed E-state index contributed by atoms with van der Waals surface area (Å²) < 4.78 is 5.11. The summed E-state index contributed by atoms with van der Waals surface area (Å²) in [7, 11) is 0. The van der Waals surface area contributed by atoms with Crippen molar-refractivity contribution in [2.75, 3.05) is 31.1 Å². The van der Waals surface area contributed by atoms with Gasteiger partial charge in [0.05, 0.1) is 11.3 Å². The van der Waals surface area contributed by atoms with Crippen LogP contribution in [-0.4, -0.2) is 53.0 Å². The molecule has 138 valence electrons. The van der Waals surface area contributed by atoms with Gasteiger partial charge in [0, 0.05) is 31.9 Å². The van der Waals surface area contributed by atoms with E-state index in [1.54, 1.807) is 30.9 Å². The van der Waals surface area contributed by atoms with Gasteiger partial charge in [0.1, 0.15) is 17.1 Å². The van der Waals surface area contributed by atoms with Crippen molar-refractivity contribution in [2.24, 2.45) is 5.73 Å². The number of nitrogens with two attached hydrogens (primary N) is 1. The number of carbonyl (C=O) groups is 2. The highest BCUT2D eigenvalue weighted by Gasteiger charge is 2.26. The molecule has 8 nitrogen and oxygen atoms in total. The zero-order valence-electron chi connectivity index (χ0n) is 15.3. The third-order valence-electron chi connectivity index (χ3n) is 4.61. The van der Waals surface area contributed by atoms with E-state index < -0.39 is 5.91 Å². The van der Waals surface area contributed by atoms with Crippen LogP contribution in [0.4, 0.5) is 5.82 Å². The molecule has 2 aromatic rings. The van der Waals surface area contributed by atoms with Gasteiger partial charge >= 0.3 is 0 Å². The lowest BCUT2D eigenvalue weighted by Crippen LogP contribution is -2.36. The molecule has 0 atom stereocenters. The highest BCUT2D eigenvalue weighted by molar-refractivity contribution is 5.98. The highest BCUT2D eigenvalue weighted by atomic mass is 16.5. The third kappa shape index (κ3) is 3.40. The Morgan fingerprint density at radius 1 is 1.12 bits per heavy atom. The molecule has 0 aliphatic carbocycles. The molecule has 0 unspecified atom stereocenters. The molecular weight excluding hydrogens is 334 g/mol. The van der Waals surface area contributed by atoms with Crippen LogP contribution in [0.15, 0.2) is 16.7 Å². The molecule has 3 heterocycles. The van der Waals surface area contributed by atoms with Gasteiger partial charge < -0.3 is 20.1 Å². The number of pyridine rings is 1. The fraction of sp³-hybridized carbons (Fsp3) is 0.444. The predicted molar refractivity (Wildman–Crippen MR) is 96.2 cm³/mol. The Morgan fingerprint density at radius 3 is 2.54 bits per heavy atom. The number of hydrogen-bond acceptors (Lipinski definition) is 6. The number of primary amides is 1. The van der Waals surface area contributed by atoms with Gasteiger partial charge in [-0.25, -0.2) is 4.98 Å². The maximum absolute atomic E-state index is 12.8. The van der Waals surface area contributed by atoms with E-state index in [9.17, 15) is 9.59 Å². The number of carbonyl (C=O) groups excluding carboxylic acids is 2. The second kappa shape index (κ2) is 7.15. The summed E-state index contributed by atoms with van der Waals surface area (Å²) >= 11 is 0. The summed E-state index contributed by atoms with van der Waals surface area (Å²) in [4.78, 5) is 32.9. The van der Waals surface area contributed by atoms with Crippen LogP contribution in [0.1, 0.15) is 44.3 Å². The van der Waals surface area contributed by atoms with Gasteiger partial charge in [-0.15, -0.1) is 0 Å². The standard InChI is InChI=1S/C18H23N5O3/c1-11-5-6-14(16(19)24)17(20-11)22-7-4-8-23(10-9-22)18(25)15-12(2)21-26-13(15)3/h5-6H,4,7-10H2,1-3H3,(H2,19,24). The number of nitrogens with zero attached hydrogens (tertiary/aromatic N) is 4. The first-order valence-corrected chi connectivity index (χ1v) is 8.63. The molecule has 1 fully saturated rings. The minimum Gasteiger partial charge on any atom is -0.365 e. The Bertz CT molecular complexity index is 826. The topological polar surface area (TPSA) is 106 Å². The Labute approximate surface area is 151 Å². The molecule has 3 rings (SSSR count). The molecule has 2 aromatic heterocycles. The summed E-state index contributed by atoms with van der Waals surface area (Å²) in [6, 6.07) is 3.48. The summed E-state index contributed by atoms with van der Waals surface area (Å²) in [6.45, 7) is 7.80. The third-order valence-corrected chi connectivity index (χ3v) is 4.61. The van der Waals surface area contributed by atoms with Crippen LogP contribution in [0.5, 0.6) is 0 Å². The zero-order chi connectivity index (χ0) is 18.8. The second-order valence-electron chi connectivity index (χ2n) is 6.52. The number of aryl methyl sites for hydroxylation is 3. The lowest BCUT2D eigenvalue weighted by molar-refractivity contribution is 0.0764. The number of aromatic nitrogens is 2. The lowest BCUT2D eigenvalue weighted by Gasteiger charge is -2.24. The van der Waals surface area contributed by atoms with Crippen molar-refractivity contribution in [3.63, 3.8) is 0 Å². The monoisotopic (exact) mass is 357 g/mol. The molecule has 8 heteroatoms. The Hall–Kier alpha value is -2.90. The molecule has 0 bridgehead atoms. The van der Waals surface area contributed by atoms with Crippen molar-refractivity contribution in [3.8, 4) is 0 Å². The first-order chi connectivity index (χ1) is 12.4. The maximum atomic E-state index is 12.8. The van der Waals surface area contributed by atoms with Crippen molar-refractivity contribution < 1.29 is 14.1 Å². The van der Waals surface area contributed by atoms with E-state index in [1.807, 2.05) is 11.8 Å². The van der Waals surface area contributed by atoms with Crippen molar-refractivity contribution >= 4 is 17.6 Å². The lowest BCUT2D eigenvalue weighted by atomic mass is 10.1. The summed E-state index contributed by atoms with van der Waals surface area (Å²) in [5, 5.41) is 3.86. The molecule has 0 aromatic carbocycles. The van der Waals surface area contributed by atoms with E-state index in [0.717, 1.165) is 12.1 Å². The van der Waals surface area contributed by atoms with Crippen molar-refractivity contribution in [1.29, 1.82) is 0 Å². The quantitative estimate of drug-likeness (QED) is 0.891. The molecule has 0 radical (unpaired) electrons. The normalized spacial score (nSPS) is 15.0. The van der Waals surface area contributed by atoms with Crippen LogP contribution >= 0.6 is 0 Å². The van der Waals surface area contributed by atoms with Crippen molar-refractivity contribution in [1.82, 2.24) is 15.0 Å². The van der Waals surface area contributed by atoms with Crippen LogP contribution in [-0.2, 0) is 0 Å². The second-order valence-corrected chi connectivity index (χ2v) is 6.52. The summed E-state index contributed by atoms with van der Waals surface area (Å²) in [5.41, 5.74) is 7.85. The number of amides is 2. The van der Waals surface area contributed by atoms with Crippen LogP contribution in [0.3, 0.4) is 0 Å². The van der Waals surface area contributed by atoms with Gasteiger partial charge in [-0.1, -0.05) is 5.16 Å². The van der Waals surface area contributed by atoms with E-state index in [2.05, 4.69) is 10.1 Å². The zero-order valence-corrected chi connectivity index (χ0v) is 15.3. The Morgan fingerprint density at radius 2 is 1.88 bits per heavy atom. The molecule has 1 saturated heterocycles. The minimum atomic E-state index is -0.500.